The first-order chi connectivity index (χ1) is 17.5. The average molecular weight is 492 g/mol. The highest BCUT2D eigenvalue weighted by Crippen LogP contribution is 2.56. The largest absolute Gasteiger partial charge is 0.489 e. The lowest BCUT2D eigenvalue weighted by Gasteiger charge is -2.57. The number of nitrogens with one attached hydrogen (secondary N) is 1. The van der Waals surface area contributed by atoms with E-state index in [1.54, 1.807) is 29.0 Å². The second-order valence-electron chi connectivity index (χ2n) is 10.1. The molecular formula is C26H29N5O5. The van der Waals surface area contributed by atoms with Gasteiger partial charge < -0.3 is 25.3 Å². The summed E-state index contributed by atoms with van der Waals surface area (Å²) in [5.74, 6) is 0.369. The third-order valence-electron chi connectivity index (χ3n) is 7.54. The molecule has 3 N–H and O–H groups in total. The quantitative estimate of drug-likeness (QED) is 0.519. The molecule has 0 radical (unpaired) electrons. The number of ether oxygens (including phenoxy) is 3. The van der Waals surface area contributed by atoms with Crippen molar-refractivity contribution >= 4 is 17.3 Å². The summed E-state index contributed by atoms with van der Waals surface area (Å²) in [6.07, 6.45) is 10.5. The average Bonchev–Trinajstić information content (AvgIpc) is 3.25. The van der Waals surface area contributed by atoms with Crippen molar-refractivity contribution in [2.75, 3.05) is 13.2 Å². The molecule has 10 nitrogen and oxygen atoms in total. The zero-order valence-corrected chi connectivity index (χ0v) is 19.9. The maximum atomic E-state index is 13.0. The second kappa shape index (κ2) is 9.09. The molecule has 188 valence electrons. The van der Waals surface area contributed by atoms with Crippen LogP contribution in [0.15, 0.2) is 42.9 Å². The zero-order chi connectivity index (χ0) is 24.7. The number of rotatable bonds is 7. The van der Waals surface area contributed by atoms with Gasteiger partial charge in [0.1, 0.15) is 23.5 Å². The van der Waals surface area contributed by atoms with E-state index in [1.807, 2.05) is 18.3 Å². The molecule has 2 saturated carbocycles. The third kappa shape index (κ3) is 4.37. The number of pyridine rings is 2. The topological polar surface area (TPSA) is 130 Å². The molecule has 2 amide bonds. The summed E-state index contributed by atoms with van der Waals surface area (Å²) < 4.78 is 19.1. The second-order valence-corrected chi connectivity index (χ2v) is 10.1. The van der Waals surface area contributed by atoms with Gasteiger partial charge in [0.15, 0.2) is 0 Å². The summed E-state index contributed by atoms with van der Waals surface area (Å²) in [4.78, 5) is 28.7. The number of amides is 2. The predicted molar refractivity (Wildman–Crippen MR) is 129 cm³/mol. The third-order valence-corrected chi connectivity index (χ3v) is 7.54. The Hall–Kier alpha value is -3.66. The SMILES string of the molecule is NC(=O)c1cccnc1OC1CC2(CC(NC(=O)c3cnn4cc(OC5CCOCC5)ccc34)C2)C1. The van der Waals surface area contributed by atoms with Gasteiger partial charge in [-0.3, -0.25) is 9.59 Å². The maximum absolute atomic E-state index is 13.0. The van der Waals surface area contributed by atoms with Crippen LogP contribution in [-0.2, 0) is 4.74 Å². The van der Waals surface area contributed by atoms with Gasteiger partial charge in [-0.2, -0.15) is 5.10 Å². The van der Waals surface area contributed by atoms with E-state index < -0.39 is 5.91 Å². The van der Waals surface area contributed by atoms with Gasteiger partial charge >= 0.3 is 0 Å². The summed E-state index contributed by atoms with van der Waals surface area (Å²) in [5, 5.41) is 7.52. The lowest BCUT2D eigenvalue weighted by Crippen LogP contribution is -2.58. The van der Waals surface area contributed by atoms with Gasteiger partial charge in [0.2, 0.25) is 5.88 Å². The molecule has 10 heteroatoms. The van der Waals surface area contributed by atoms with Crippen molar-refractivity contribution in [2.45, 2.75) is 56.8 Å². The first kappa shape index (κ1) is 22.8. The van der Waals surface area contributed by atoms with Crippen LogP contribution in [0.4, 0.5) is 0 Å². The Morgan fingerprint density at radius 1 is 1.06 bits per heavy atom. The number of primary amides is 1. The molecule has 3 fully saturated rings. The highest BCUT2D eigenvalue weighted by molar-refractivity contribution is 6.00. The summed E-state index contributed by atoms with van der Waals surface area (Å²) in [6, 6.07) is 7.18. The van der Waals surface area contributed by atoms with Crippen molar-refractivity contribution in [1.82, 2.24) is 19.9 Å². The summed E-state index contributed by atoms with van der Waals surface area (Å²) in [5.41, 5.74) is 7.19. The fourth-order valence-electron chi connectivity index (χ4n) is 5.70. The van der Waals surface area contributed by atoms with E-state index in [0.29, 0.717) is 17.0 Å². The van der Waals surface area contributed by atoms with E-state index in [2.05, 4.69) is 15.4 Å². The van der Waals surface area contributed by atoms with Crippen molar-refractivity contribution in [1.29, 1.82) is 0 Å². The zero-order valence-electron chi connectivity index (χ0n) is 19.9. The molecule has 0 bridgehead atoms. The fraction of sp³-hybridized carbons (Fsp3) is 0.462. The number of hydrogen-bond acceptors (Lipinski definition) is 7. The first-order valence-electron chi connectivity index (χ1n) is 12.4. The summed E-state index contributed by atoms with van der Waals surface area (Å²) in [6.45, 7) is 1.44. The minimum atomic E-state index is -0.547. The number of nitrogens with two attached hydrogens (primary N) is 1. The number of carbonyl (C=O) groups excluding carboxylic acids is 2. The molecule has 0 unspecified atom stereocenters. The van der Waals surface area contributed by atoms with Crippen LogP contribution in [0.25, 0.3) is 5.52 Å². The van der Waals surface area contributed by atoms with Gasteiger partial charge in [0, 0.05) is 25.1 Å². The number of hydrogen-bond donors (Lipinski definition) is 2. The van der Waals surface area contributed by atoms with Crippen LogP contribution in [-0.4, -0.2) is 57.9 Å². The molecule has 0 atom stereocenters. The number of aromatic nitrogens is 3. The van der Waals surface area contributed by atoms with Crippen molar-refractivity contribution < 1.29 is 23.8 Å². The molecule has 3 aliphatic rings. The van der Waals surface area contributed by atoms with Crippen molar-refractivity contribution in [2.24, 2.45) is 11.1 Å². The minimum Gasteiger partial charge on any atom is -0.489 e. The number of carbonyl (C=O) groups is 2. The van der Waals surface area contributed by atoms with Gasteiger partial charge in [-0.15, -0.1) is 0 Å². The Balaban J connectivity index is 1.01. The van der Waals surface area contributed by atoms with Crippen LogP contribution in [0.2, 0.25) is 0 Å². The van der Waals surface area contributed by atoms with Crippen LogP contribution in [0.1, 0.15) is 59.2 Å². The molecule has 1 saturated heterocycles. The molecule has 4 heterocycles. The fourth-order valence-corrected chi connectivity index (χ4v) is 5.70. The number of fused-ring (bicyclic) bond motifs is 1. The molecule has 6 rings (SSSR count). The lowest BCUT2D eigenvalue weighted by molar-refractivity contribution is -0.0848. The van der Waals surface area contributed by atoms with Crippen molar-refractivity contribution in [3.05, 3.63) is 54.0 Å². The van der Waals surface area contributed by atoms with Gasteiger partial charge in [-0.1, -0.05) is 0 Å². The van der Waals surface area contributed by atoms with E-state index in [4.69, 9.17) is 19.9 Å². The summed E-state index contributed by atoms with van der Waals surface area (Å²) in [7, 11) is 0. The van der Waals surface area contributed by atoms with Crippen molar-refractivity contribution in [3.63, 3.8) is 0 Å². The molecule has 3 aromatic rings. The van der Waals surface area contributed by atoms with Gasteiger partial charge in [0.25, 0.3) is 11.8 Å². The Morgan fingerprint density at radius 3 is 2.64 bits per heavy atom. The van der Waals surface area contributed by atoms with E-state index in [0.717, 1.165) is 63.0 Å². The number of nitrogens with zero attached hydrogens (tertiary/aromatic N) is 3. The van der Waals surface area contributed by atoms with Crippen LogP contribution >= 0.6 is 0 Å². The molecule has 0 aromatic carbocycles. The molecule has 1 aliphatic heterocycles. The van der Waals surface area contributed by atoms with Crippen molar-refractivity contribution in [3.8, 4) is 11.6 Å². The predicted octanol–water partition coefficient (Wildman–Crippen LogP) is 2.51. The van der Waals surface area contributed by atoms with Crippen LogP contribution in [0.3, 0.4) is 0 Å². The van der Waals surface area contributed by atoms with Gasteiger partial charge in [-0.05, 0) is 55.4 Å². The molecule has 36 heavy (non-hydrogen) atoms. The Kier molecular flexibility index (Phi) is 5.75. The van der Waals surface area contributed by atoms with E-state index in [1.165, 1.54) is 0 Å². The molecular weight excluding hydrogens is 462 g/mol. The maximum Gasteiger partial charge on any atom is 0.255 e. The van der Waals surface area contributed by atoms with Gasteiger partial charge in [-0.25, -0.2) is 9.50 Å². The first-order valence-corrected chi connectivity index (χ1v) is 12.4. The van der Waals surface area contributed by atoms with Crippen LogP contribution < -0.4 is 20.5 Å². The standard InChI is InChI=1S/C26H29N5O5/c27-23(32)20-2-1-7-28-25(20)36-19-12-26(13-19)10-16(11-26)30-24(33)21-14-29-31-15-18(3-4-22(21)31)35-17-5-8-34-9-6-17/h1-4,7,14-17,19H,5-6,8-13H2,(H2,27,32)(H,30,33). The minimum absolute atomic E-state index is 0.00631. The Morgan fingerprint density at radius 2 is 1.86 bits per heavy atom. The Bertz CT molecular complexity index is 1290. The van der Waals surface area contributed by atoms with Gasteiger partial charge in [0.05, 0.1) is 36.7 Å². The smallest absolute Gasteiger partial charge is 0.255 e. The van der Waals surface area contributed by atoms with Crippen LogP contribution in [0, 0.1) is 5.41 Å². The van der Waals surface area contributed by atoms with Crippen LogP contribution in [0.5, 0.6) is 11.6 Å². The lowest BCUT2D eigenvalue weighted by atomic mass is 9.53. The normalized spacial score (nSPS) is 25.7. The molecule has 1 spiro atoms. The summed E-state index contributed by atoms with van der Waals surface area (Å²) >= 11 is 0. The highest BCUT2D eigenvalue weighted by Gasteiger charge is 2.54. The monoisotopic (exact) mass is 491 g/mol. The molecule has 3 aromatic heterocycles. The van der Waals surface area contributed by atoms with E-state index in [9.17, 15) is 9.59 Å². The van der Waals surface area contributed by atoms with E-state index >= 15 is 0 Å². The highest BCUT2D eigenvalue weighted by atomic mass is 16.5. The molecule has 2 aliphatic carbocycles. The Labute approximate surface area is 208 Å². The van der Waals surface area contributed by atoms with E-state index in [-0.39, 0.29) is 29.6 Å².